The predicted octanol–water partition coefficient (Wildman–Crippen LogP) is 3.30. The molecule has 0 radical (unpaired) electrons. The molecule has 2 amide bonds. The number of carbonyl (C=O) groups excluding carboxylic acids is 2. The highest BCUT2D eigenvalue weighted by atomic mass is 16.3. The van der Waals surface area contributed by atoms with E-state index in [0.29, 0.717) is 6.54 Å². The van der Waals surface area contributed by atoms with Crippen LogP contribution in [0, 0.1) is 6.92 Å². The molecule has 1 N–H and O–H groups in total. The molecule has 1 aliphatic heterocycles. The van der Waals surface area contributed by atoms with Crippen molar-refractivity contribution in [3.8, 4) is 0 Å². The predicted molar refractivity (Wildman–Crippen MR) is 94.9 cm³/mol. The first-order valence-electron chi connectivity index (χ1n) is 8.66. The van der Waals surface area contributed by atoms with Gasteiger partial charge in [0.15, 0.2) is 0 Å². The van der Waals surface area contributed by atoms with Crippen molar-refractivity contribution in [3.63, 3.8) is 0 Å². The van der Waals surface area contributed by atoms with Crippen LogP contribution >= 0.6 is 0 Å². The van der Waals surface area contributed by atoms with Crippen molar-refractivity contribution in [2.24, 2.45) is 0 Å². The summed E-state index contributed by atoms with van der Waals surface area (Å²) < 4.78 is 5.57. The normalized spacial score (nSPS) is 17.7. The zero-order valence-electron chi connectivity index (χ0n) is 14.9. The molecule has 1 aliphatic rings. The summed E-state index contributed by atoms with van der Waals surface area (Å²) in [5.41, 5.74) is 2.29. The molecule has 0 bridgehead atoms. The molecule has 25 heavy (non-hydrogen) atoms. The van der Waals surface area contributed by atoms with E-state index in [1.54, 1.807) is 11.8 Å². The number of hydrogen-bond acceptors (Lipinski definition) is 3. The van der Waals surface area contributed by atoms with Gasteiger partial charge in [0, 0.05) is 13.5 Å². The summed E-state index contributed by atoms with van der Waals surface area (Å²) in [4.78, 5) is 26.4. The van der Waals surface area contributed by atoms with Crippen LogP contribution in [0.3, 0.4) is 0 Å². The quantitative estimate of drug-likeness (QED) is 0.929. The minimum atomic E-state index is -0.215. The zero-order chi connectivity index (χ0) is 18.0. The molecule has 1 aromatic carbocycles. The Morgan fingerprint density at radius 1 is 1.28 bits per heavy atom. The summed E-state index contributed by atoms with van der Waals surface area (Å²) in [6.45, 7) is 5.99. The zero-order valence-corrected chi connectivity index (χ0v) is 14.9. The Balaban J connectivity index is 1.74. The third-order valence-electron chi connectivity index (χ3n) is 4.76. The molecule has 2 unspecified atom stereocenters. The minimum absolute atomic E-state index is 0.00186. The van der Waals surface area contributed by atoms with Crippen LogP contribution in [-0.4, -0.2) is 23.3 Å². The molecule has 2 heterocycles. The molecule has 5 heteroatoms. The lowest BCUT2D eigenvalue weighted by Crippen LogP contribution is -2.41. The van der Waals surface area contributed by atoms with E-state index >= 15 is 0 Å². The first-order valence-corrected chi connectivity index (χ1v) is 8.66. The van der Waals surface area contributed by atoms with Gasteiger partial charge < -0.3 is 14.6 Å². The fourth-order valence-corrected chi connectivity index (χ4v) is 3.48. The van der Waals surface area contributed by atoms with Crippen LogP contribution in [-0.2, 0) is 16.0 Å². The van der Waals surface area contributed by atoms with E-state index in [1.807, 2.05) is 44.2 Å². The summed E-state index contributed by atoms with van der Waals surface area (Å²) in [6.07, 6.45) is 1.08. The van der Waals surface area contributed by atoms with Gasteiger partial charge >= 0.3 is 0 Å². The van der Waals surface area contributed by atoms with Crippen LogP contribution < -0.4 is 5.32 Å². The van der Waals surface area contributed by atoms with Gasteiger partial charge in [-0.05, 0) is 43.5 Å². The molecule has 0 saturated heterocycles. The van der Waals surface area contributed by atoms with Crippen LogP contribution in [0.2, 0.25) is 0 Å². The Morgan fingerprint density at radius 3 is 2.72 bits per heavy atom. The van der Waals surface area contributed by atoms with Crippen molar-refractivity contribution in [1.29, 1.82) is 0 Å². The van der Waals surface area contributed by atoms with E-state index in [-0.39, 0.29) is 30.3 Å². The Hall–Kier alpha value is -2.56. The van der Waals surface area contributed by atoms with Gasteiger partial charge in [0.05, 0.1) is 18.5 Å². The fraction of sp³-hybridized carbons (Fsp3) is 0.400. The third-order valence-corrected chi connectivity index (χ3v) is 4.76. The Morgan fingerprint density at radius 2 is 2.04 bits per heavy atom. The van der Waals surface area contributed by atoms with Crippen molar-refractivity contribution >= 4 is 11.8 Å². The summed E-state index contributed by atoms with van der Waals surface area (Å²) >= 11 is 0. The molecule has 2 aromatic rings. The minimum Gasteiger partial charge on any atom is -0.464 e. The summed E-state index contributed by atoms with van der Waals surface area (Å²) in [6, 6.07) is 11.4. The van der Waals surface area contributed by atoms with Crippen LogP contribution in [0.5, 0.6) is 0 Å². The molecule has 0 aliphatic carbocycles. The number of nitrogens with one attached hydrogen (secondary N) is 1. The van der Waals surface area contributed by atoms with Crippen LogP contribution in [0.25, 0.3) is 0 Å². The number of amides is 2. The SMILES string of the molecule is CC(=O)N1CCc2ccccc2C1CC(=O)NC(C)c1ccc(C)o1. The van der Waals surface area contributed by atoms with Crippen molar-refractivity contribution in [1.82, 2.24) is 10.2 Å². The molecular formula is C20H24N2O3. The van der Waals surface area contributed by atoms with Gasteiger partial charge in [-0.3, -0.25) is 9.59 Å². The number of hydrogen-bond donors (Lipinski definition) is 1. The van der Waals surface area contributed by atoms with Crippen molar-refractivity contribution in [2.45, 2.75) is 45.7 Å². The van der Waals surface area contributed by atoms with Crippen molar-refractivity contribution in [2.75, 3.05) is 6.54 Å². The van der Waals surface area contributed by atoms with Crippen LogP contribution in [0.4, 0.5) is 0 Å². The topological polar surface area (TPSA) is 62.6 Å². The van der Waals surface area contributed by atoms with Crippen molar-refractivity contribution in [3.05, 3.63) is 59.0 Å². The van der Waals surface area contributed by atoms with E-state index in [4.69, 9.17) is 4.42 Å². The first kappa shape index (κ1) is 17.3. The maximum atomic E-state index is 12.6. The van der Waals surface area contributed by atoms with Crippen LogP contribution in [0.1, 0.15) is 55.0 Å². The molecule has 0 spiro atoms. The molecular weight excluding hydrogens is 316 g/mol. The van der Waals surface area contributed by atoms with Crippen LogP contribution in [0.15, 0.2) is 40.8 Å². The lowest BCUT2D eigenvalue weighted by molar-refractivity contribution is -0.133. The molecule has 132 valence electrons. The van der Waals surface area contributed by atoms with Gasteiger partial charge in [0.1, 0.15) is 11.5 Å². The van der Waals surface area contributed by atoms with E-state index in [0.717, 1.165) is 23.5 Å². The number of benzene rings is 1. The van der Waals surface area contributed by atoms with Gasteiger partial charge in [-0.1, -0.05) is 24.3 Å². The first-order chi connectivity index (χ1) is 12.0. The number of fused-ring (bicyclic) bond motifs is 1. The highest BCUT2D eigenvalue weighted by Gasteiger charge is 2.31. The lowest BCUT2D eigenvalue weighted by Gasteiger charge is -2.36. The molecule has 2 atom stereocenters. The standard InChI is InChI=1S/C20H24N2O3/c1-13-8-9-19(25-13)14(2)21-20(24)12-18-17-7-5-4-6-16(17)10-11-22(18)15(3)23/h4-9,14,18H,10-12H2,1-3H3,(H,21,24). The monoisotopic (exact) mass is 340 g/mol. The highest BCUT2D eigenvalue weighted by Crippen LogP contribution is 2.32. The van der Waals surface area contributed by atoms with Gasteiger partial charge in [0.25, 0.3) is 0 Å². The van der Waals surface area contributed by atoms with E-state index in [2.05, 4.69) is 11.4 Å². The fourth-order valence-electron chi connectivity index (χ4n) is 3.48. The van der Waals surface area contributed by atoms with E-state index in [9.17, 15) is 9.59 Å². The number of aryl methyl sites for hydroxylation is 1. The van der Waals surface area contributed by atoms with Gasteiger partial charge in [-0.25, -0.2) is 0 Å². The Kier molecular flexibility index (Phi) is 4.93. The smallest absolute Gasteiger partial charge is 0.223 e. The molecule has 3 rings (SSSR count). The maximum absolute atomic E-state index is 12.6. The van der Waals surface area contributed by atoms with Gasteiger partial charge in [-0.2, -0.15) is 0 Å². The second-order valence-electron chi connectivity index (χ2n) is 6.62. The second kappa shape index (κ2) is 7.13. The molecule has 0 saturated carbocycles. The Labute approximate surface area is 148 Å². The van der Waals surface area contributed by atoms with Crippen molar-refractivity contribution < 1.29 is 14.0 Å². The third kappa shape index (κ3) is 3.76. The second-order valence-corrected chi connectivity index (χ2v) is 6.62. The molecule has 5 nitrogen and oxygen atoms in total. The largest absolute Gasteiger partial charge is 0.464 e. The summed E-state index contributed by atoms with van der Waals surface area (Å²) in [5, 5.41) is 2.98. The summed E-state index contributed by atoms with van der Waals surface area (Å²) in [5.74, 6) is 1.47. The number of rotatable bonds is 4. The van der Waals surface area contributed by atoms with E-state index < -0.39 is 0 Å². The number of furan rings is 1. The van der Waals surface area contributed by atoms with E-state index in [1.165, 1.54) is 5.56 Å². The van der Waals surface area contributed by atoms with Gasteiger partial charge in [-0.15, -0.1) is 0 Å². The number of nitrogens with zero attached hydrogens (tertiary/aromatic N) is 1. The highest BCUT2D eigenvalue weighted by molar-refractivity contribution is 5.80. The maximum Gasteiger partial charge on any atom is 0.223 e. The lowest BCUT2D eigenvalue weighted by atomic mass is 9.90. The molecule has 1 aromatic heterocycles. The average molecular weight is 340 g/mol. The Bertz CT molecular complexity index is 781. The average Bonchev–Trinajstić information content (AvgIpc) is 3.01. The number of carbonyl (C=O) groups is 2. The van der Waals surface area contributed by atoms with Gasteiger partial charge in [0.2, 0.25) is 11.8 Å². The summed E-state index contributed by atoms with van der Waals surface area (Å²) in [7, 11) is 0. The molecule has 0 fully saturated rings.